The number of hydrogen-bond acceptors (Lipinski definition) is 6. The van der Waals surface area contributed by atoms with Crippen molar-refractivity contribution in [3.63, 3.8) is 0 Å². The molecule has 0 saturated carbocycles. The van der Waals surface area contributed by atoms with Gasteiger partial charge < -0.3 is 15.1 Å². The minimum absolute atomic E-state index is 0.152. The molecule has 0 aliphatic carbocycles. The lowest BCUT2D eigenvalue weighted by Gasteiger charge is -2.48. The Morgan fingerprint density at radius 2 is 1.77 bits per heavy atom. The summed E-state index contributed by atoms with van der Waals surface area (Å²) in [7, 11) is 1.94. The molecule has 0 aromatic carbocycles. The number of aryl methyl sites for hydroxylation is 2. The fraction of sp³-hybridized carbons (Fsp3) is 0.600. The van der Waals surface area contributed by atoms with E-state index in [2.05, 4.69) is 33.1 Å². The second-order valence-corrected chi connectivity index (χ2v) is 9.81. The highest BCUT2D eigenvalue weighted by Crippen LogP contribution is 2.40. The monoisotopic (exact) mass is 487 g/mol. The SMILES string of the molecule is C#Cc1c(N2CC(N3CCNCC3)C2)cc(N2CCC(c3c(C)cnn3C)CC2)nc1C(F)(F)F. The summed E-state index contributed by atoms with van der Waals surface area (Å²) in [6, 6.07) is 2.11. The van der Waals surface area contributed by atoms with Gasteiger partial charge in [-0.15, -0.1) is 6.42 Å². The van der Waals surface area contributed by atoms with Crippen LogP contribution in [0, 0.1) is 19.3 Å². The number of rotatable bonds is 4. The van der Waals surface area contributed by atoms with Crippen LogP contribution in [0.5, 0.6) is 0 Å². The fourth-order valence-corrected chi connectivity index (χ4v) is 5.73. The van der Waals surface area contributed by atoms with Crippen molar-refractivity contribution >= 4 is 11.5 Å². The van der Waals surface area contributed by atoms with Gasteiger partial charge in [0.25, 0.3) is 0 Å². The highest BCUT2D eigenvalue weighted by molar-refractivity contribution is 5.69. The third-order valence-corrected chi connectivity index (χ3v) is 7.65. The lowest BCUT2D eigenvalue weighted by atomic mass is 9.91. The Hall–Kier alpha value is -2.77. The molecule has 3 aliphatic rings. The smallest absolute Gasteiger partial charge is 0.367 e. The van der Waals surface area contributed by atoms with Crippen molar-refractivity contribution in [2.24, 2.45) is 7.05 Å². The van der Waals surface area contributed by atoms with Crippen molar-refractivity contribution in [1.29, 1.82) is 0 Å². The van der Waals surface area contributed by atoms with Gasteiger partial charge in [-0.2, -0.15) is 18.3 Å². The molecule has 10 heteroatoms. The van der Waals surface area contributed by atoms with Gasteiger partial charge in [0.2, 0.25) is 0 Å². The number of terminal acetylenes is 1. The molecule has 0 spiro atoms. The Labute approximate surface area is 204 Å². The Kier molecular flexibility index (Phi) is 6.40. The summed E-state index contributed by atoms with van der Waals surface area (Å²) in [5, 5.41) is 7.69. The second kappa shape index (κ2) is 9.36. The summed E-state index contributed by atoms with van der Waals surface area (Å²) in [6.45, 7) is 8.49. The van der Waals surface area contributed by atoms with Crippen LogP contribution in [-0.4, -0.2) is 78.1 Å². The molecule has 0 atom stereocenters. The molecule has 0 radical (unpaired) electrons. The van der Waals surface area contributed by atoms with E-state index >= 15 is 0 Å². The maximum absolute atomic E-state index is 14.0. The molecule has 3 fully saturated rings. The molecule has 1 N–H and O–H groups in total. The van der Waals surface area contributed by atoms with Crippen molar-refractivity contribution in [1.82, 2.24) is 25.0 Å². The number of halogens is 3. The number of piperidine rings is 1. The Morgan fingerprint density at radius 1 is 1.09 bits per heavy atom. The topological polar surface area (TPSA) is 52.5 Å². The first-order valence-corrected chi connectivity index (χ1v) is 12.3. The van der Waals surface area contributed by atoms with Gasteiger partial charge >= 0.3 is 6.18 Å². The number of nitrogens with one attached hydrogen (secondary N) is 1. The maximum Gasteiger partial charge on any atom is 0.434 e. The van der Waals surface area contributed by atoms with Crippen molar-refractivity contribution in [3.05, 3.63) is 34.8 Å². The Morgan fingerprint density at radius 3 is 2.34 bits per heavy atom. The van der Waals surface area contributed by atoms with Crippen LogP contribution in [0.2, 0.25) is 0 Å². The van der Waals surface area contributed by atoms with Crippen molar-refractivity contribution in [2.75, 3.05) is 62.2 Å². The predicted octanol–water partition coefficient (Wildman–Crippen LogP) is 2.60. The van der Waals surface area contributed by atoms with Crippen LogP contribution in [0.4, 0.5) is 24.7 Å². The quantitative estimate of drug-likeness (QED) is 0.670. The molecular formula is C25H32F3N7. The first-order chi connectivity index (χ1) is 16.8. The Bertz CT molecular complexity index is 1080. The zero-order chi connectivity index (χ0) is 24.7. The van der Waals surface area contributed by atoms with Crippen LogP contribution in [0.25, 0.3) is 0 Å². The lowest BCUT2D eigenvalue weighted by Crippen LogP contribution is -2.63. The second-order valence-electron chi connectivity index (χ2n) is 9.81. The number of anilines is 2. The summed E-state index contributed by atoms with van der Waals surface area (Å²) in [5.74, 6) is 3.00. The average molecular weight is 488 g/mol. The van der Waals surface area contributed by atoms with Crippen LogP contribution in [0.1, 0.15) is 41.3 Å². The molecule has 35 heavy (non-hydrogen) atoms. The highest BCUT2D eigenvalue weighted by atomic mass is 19.4. The van der Waals surface area contributed by atoms with E-state index < -0.39 is 11.9 Å². The molecule has 3 saturated heterocycles. The van der Waals surface area contributed by atoms with Gasteiger partial charge in [0, 0.05) is 83.1 Å². The third kappa shape index (κ3) is 4.59. The number of pyridine rings is 1. The molecule has 188 valence electrons. The van der Waals surface area contributed by atoms with Crippen LogP contribution in [-0.2, 0) is 13.2 Å². The van der Waals surface area contributed by atoms with E-state index in [0.717, 1.165) is 44.6 Å². The largest absolute Gasteiger partial charge is 0.434 e. The molecular weight excluding hydrogens is 455 g/mol. The fourth-order valence-electron chi connectivity index (χ4n) is 5.73. The van der Waals surface area contributed by atoms with E-state index in [4.69, 9.17) is 6.42 Å². The van der Waals surface area contributed by atoms with Crippen LogP contribution in [0.15, 0.2) is 12.3 Å². The number of alkyl halides is 3. The first-order valence-electron chi connectivity index (χ1n) is 12.3. The summed E-state index contributed by atoms with van der Waals surface area (Å²) in [5.41, 5.74) is 1.72. The van der Waals surface area contributed by atoms with Crippen molar-refractivity contribution < 1.29 is 13.2 Å². The van der Waals surface area contributed by atoms with E-state index in [0.29, 0.717) is 49.6 Å². The number of nitrogens with zero attached hydrogens (tertiary/aromatic N) is 6. The molecule has 5 heterocycles. The maximum atomic E-state index is 14.0. The standard InChI is InChI=1S/C25H32F3N7/c1-4-20-21(35-15-19(16-35)33-11-7-29-8-12-33)13-22(31-24(20)25(26,27)28)34-9-5-18(6-10-34)23-17(2)14-30-32(23)3/h1,13-14,18-19,29H,5-12,15-16H2,2-3H3. The third-order valence-electron chi connectivity index (χ3n) is 7.65. The van der Waals surface area contributed by atoms with E-state index in [9.17, 15) is 13.2 Å². The molecule has 3 aliphatic heterocycles. The molecule has 0 bridgehead atoms. The minimum atomic E-state index is -4.61. The molecule has 0 amide bonds. The van der Waals surface area contributed by atoms with Crippen LogP contribution in [0.3, 0.4) is 0 Å². The van der Waals surface area contributed by atoms with E-state index in [-0.39, 0.29) is 5.56 Å². The lowest BCUT2D eigenvalue weighted by molar-refractivity contribution is -0.141. The van der Waals surface area contributed by atoms with Crippen LogP contribution >= 0.6 is 0 Å². The van der Waals surface area contributed by atoms with Gasteiger partial charge in [-0.1, -0.05) is 5.92 Å². The summed E-state index contributed by atoms with van der Waals surface area (Å²) in [6.07, 6.45) is 4.54. The van der Waals surface area contributed by atoms with Gasteiger partial charge in [-0.25, -0.2) is 4.98 Å². The molecule has 2 aromatic heterocycles. The highest BCUT2D eigenvalue weighted by Gasteiger charge is 2.41. The zero-order valence-electron chi connectivity index (χ0n) is 20.3. The van der Waals surface area contributed by atoms with Gasteiger partial charge in [0.15, 0.2) is 5.69 Å². The molecule has 0 unspecified atom stereocenters. The molecule has 7 nitrogen and oxygen atoms in total. The van der Waals surface area contributed by atoms with Crippen LogP contribution < -0.4 is 15.1 Å². The van der Waals surface area contributed by atoms with Crippen molar-refractivity contribution in [3.8, 4) is 12.3 Å². The minimum Gasteiger partial charge on any atom is -0.367 e. The normalized spacial score (nSPS) is 20.7. The van der Waals surface area contributed by atoms with Gasteiger partial charge in [0.1, 0.15) is 5.82 Å². The van der Waals surface area contributed by atoms with Gasteiger partial charge in [-0.3, -0.25) is 9.58 Å². The average Bonchev–Trinajstić information content (AvgIpc) is 3.15. The van der Waals surface area contributed by atoms with E-state index in [1.54, 1.807) is 6.07 Å². The summed E-state index contributed by atoms with van der Waals surface area (Å²) >= 11 is 0. The van der Waals surface area contributed by atoms with Crippen molar-refractivity contribution in [2.45, 2.75) is 37.9 Å². The number of piperazine rings is 1. The Balaban J connectivity index is 1.38. The van der Waals surface area contributed by atoms with Gasteiger partial charge in [-0.05, 0) is 25.3 Å². The summed E-state index contributed by atoms with van der Waals surface area (Å²) < 4.78 is 44.0. The number of hydrogen-bond donors (Lipinski definition) is 1. The predicted molar refractivity (Wildman–Crippen MR) is 130 cm³/mol. The molecule has 5 rings (SSSR count). The van der Waals surface area contributed by atoms with Gasteiger partial charge in [0.05, 0.1) is 17.4 Å². The van der Waals surface area contributed by atoms with E-state index in [1.165, 1.54) is 5.69 Å². The number of aromatic nitrogens is 3. The first kappa shape index (κ1) is 23.9. The summed E-state index contributed by atoms with van der Waals surface area (Å²) in [4.78, 5) is 10.4. The zero-order valence-corrected chi connectivity index (χ0v) is 20.3. The molecule has 2 aromatic rings. The van der Waals surface area contributed by atoms with E-state index in [1.807, 2.05) is 27.7 Å².